The Bertz CT molecular complexity index is 904. The third-order valence-electron chi connectivity index (χ3n) is 11.0. The summed E-state index contributed by atoms with van der Waals surface area (Å²) in [6.45, 7) is 15.8. The van der Waals surface area contributed by atoms with E-state index < -0.39 is 6.10 Å². The summed E-state index contributed by atoms with van der Waals surface area (Å²) >= 11 is 0. The second-order valence-electron chi connectivity index (χ2n) is 13.1. The van der Waals surface area contributed by atoms with Gasteiger partial charge in [0.25, 0.3) is 0 Å². The van der Waals surface area contributed by atoms with Crippen LogP contribution in [0, 0.1) is 39.4 Å². The standard InChI is InChI=1S/C30H46O3/c1-19(2)9-8-10-20(18-31)23-17-26(33)30(7)22-11-12-24-27(3,4)25(32)14-15-28(24,5)21(22)13-16-29(23,30)6/h9,11,13,20,23-24,26,31,33H,8,10,12,14-18H2,1-7H3/t20-,23+,24-,26+,28+,29-,30-/m1/s1. The van der Waals surface area contributed by atoms with Gasteiger partial charge in [-0.25, -0.2) is 0 Å². The monoisotopic (exact) mass is 454 g/mol. The lowest BCUT2D eigenvalue weighted by atomic mass is 9.44. The molecule has 0 unspecified atom stereocenters. The molecule has 0 radical (unpaired) electrons. The van der Waals surface area contributed by atoms with Gasteiger partial charge in [0.1, 0.15) is 5.78 Å². The number of rotatable bonds is 5. The van der Waals surface area contributed by atoms with Gasteiger partial charge in [-0.05, 0) is 92.1 Å². The van der Waals surface area contributed by atoms with Crippen molar-refractivity contribution in [1.82, 2.24) is 0 Å². The molecule has 2 N–H and O–H groups in total. The molecule has 0 saturated heterocycles. The Kier molecular flexibility index (Phi) is 6.19. The summed E-state index contributed by atoms with van der Waals surface area (Å²) in [5, 5.41) is 22.0. The second-order valence-corrected chi connectivity index (χ2v) is 13.1. The van der Waals surface area contributed by atoms with Crippen LogP contribution in [0.25, 0.3) is 0 Å². The third-order valence-corrected chi connectivity index (χ3v) is 11.0. The molecule has 0 heterocycles. The van der Waals surface area contributed by atoms with Gasteiger partial charge in [0.15, 0.2) is 0 Å². The second kappa shape index (κ2) is 8.19. The zero-order chi connectivity index (χ0) is 24.4. The van der Waals surface area contributed by atoms with E-state index in [1.165, 1.54) is 16.7 Å². The Morgan fingerprint density at radius 3 is 2.48 bits per heavy atom. The maximum absolute atomic E-state index is 12.8. The Morgan fingerprint density at radius 2 is 1.85 bits per heavy atom. The van der Waals surface area contributed by atoms with E-state index >= 15 is 0 Å². The highest BCUT2D eigenvalue weighted by Gasteiger charge is 2.66. The zero-order valence-electron chi connectivity index (χ0n) is 22.0. The highest BCUT2D eigenvalue weighted by atomic mass is 16.3. The largest absolute Gasteiger partial charge is 0.396 e. The van der Waals surface area contributed by atoms with Crippen LogP contribution in [0.2, 0.25) is 0 Å². The van der Waals surface area contributed by atoms with E-state index in [4.69, 9.17) is 0 Å². The van der Waals surface area contributed by atoms with Gasteiger partial charge >= 0.3 is 0 Å². The van der Waals surface area contributed by atoms with Gasteiger partial charge < -0.3 is 10.2 Å². The average molecular weight is 455 g/mol. The number of carbonyl (C=O) groups is 1. The Balaban J connectivity index is 1.73. The van der Waals surface area contributed by atoms with Crippen LogP contribution < -0.4 is 0 Å². The van der Waals surface area contributed by atoms with Crippen LogP contribution in [0.15, 0.2) is 34.9 Å². The summed E-state index contributed by atoms with van der Waals surface area (Å²) in [4.78, 5) is 12.8. The SMILES string of the molecule is CC(C)=CCC[C@H](CO)[C@@H]1C[C@H](O)[C@@]2(C)C3=CC[C@@H]4C(C)(C)C(=O)CC[C@@]4(C)C3=CC[C@]12C. The fourth-order valence-corrected chi connectivity index (χ4v) is 8.61. The smallest absolute Gasteiger partial charge is 0.138 e. The van der Waals surface area contributed by atoms with Crippen molar-refractivity contribution in [3.05, 3.63) is 34.9 Å². The molecule has 0 spiro atoms. The summed E-state index contributed by atoms with van der Waals surface area (Å²) in [5.74, 6) is 1.22. The predicted octanol–water partition coefficient (Wildman–Crippen LogP) is 6.41. The topological polar surface area (TPSA) is 57.5 Å². The predicted molar refractivity (Wildman–Crippen MR) is 135 cm³/mol. The first-order chi connectivity index (χ1) is 15.3. The van der Waals surface area contributed by atoms with E-state index in [9.17, 15) is 15.0 Å². The number of fused-ring (bicyclic) bond motifs is 5. The van der Waals surface area contributed by atoms with E-state index in [0.29, 0.717) is 24.0 Å². The highest BCUT2D eigenvalue weighted by molar-refractivity contribution is 5.86. The molecular weight excluding hydrogens is 408 g/mol. The lowest BCUT2D eigenvalue weighted by Crippen LogP contribution is -2.54. The number of aliphatic hydroxyl groups excluding tert-OH is 2. The normalized spacial score (nSPS) is 42.5. The third kappa shape index (κ3) is 3.39. The minimum absolute atomic E-state index is 0.0104. The van der Waals surface area contributed by atoms with Gasteiger partial charge in [-0.3, -0.25) is 4.79 Å². The molecule has 3 heteroatoms. The van der Waals surface area contributed by atoms with Crippen molar-refractivity contribution in [1.29, 1.82) is 0 Å². The van der Waals surface area contributed by atoms with Crippen molar-refractivity contribution < 1.29 is 15.0 Å². The lowest BCUT2D eigenvalue weighted by molar-refractivity contribution is -0.138. The Labute approximate surface area is 201 Å². The summed E-state index contributed by atoms with van der Waals surface area (Å²) < 4.78 is 0. The van der Waals surface area contributed by atoms with Crippen molar-refractivity contribution in [2.75, 3.05) is 6.61 Å². The molecule has 4 aliphatic rings. The lowest BCUT2D eigenvalue weighted by Gasteiger charge is -2.60. The minimum Gasteiger partial charge on any atom is -0.396 e. The van der Waals surface area contributed by atoms with E-state index in [-0.39, 0.29) is 34.2 Å². The Morgan fingerprint density at radius 1 is 1.15 bits per heavy atom. The first kappa shape index (κ1) is 24.9. The van der Waals surface area contributed by atoms with E-state index in [0.717, 1.165) is 38.5 Å². The molecule has 2 saturated carbocycles. The maximum Gasteiger partial charge on any atom is 0.138 e. The van der Waals surface area contributed by atoms with Crippen LogP contribution in [0.3, 0.4) is 0 Å². The maximum atomic E-state index is 12.8. The number of hydrogen-bond acceptors (Lipinski definition) is 3. The molecule has 0 bridgehead atoms. The molecule has 0 aromatic carbocycles. The van der Waals surface area contributed by atoms with Gasteiger partial charge in [0.2, 0.25) is 0 Å². The van der Waals surface area contributed by atoms with Crippen LogP contribution in [-0.2, 0) is 4.79 Å². The van der Waals surface area contributed by atoms with Crippen LogP contribution in [0.4, 0.5) is 0 Å². The van der Waals surface area contributed by atoms with Crippen molar-refractivity contribution in [2.45, 2.75) is 99.5 Å². The molecule has 4 rings (SSSR count). The molecule has 0 amide bonds. The van der Waals surface area contributed by atoms with Gasteiger partial charge in [-0.2, -0.15) is 0 Å². The molecule has 7 atom stereocenters. The number of aliphatic hydroxyl groups is 2. The number of allylic oxidation sites excluding steroid dienone is 5. The molecule has 2 fully saturated rings. The number of Topliss-reactive ketones (excluding diaryl/α,β-unsaturated/α-hetero) is 1. The molecule has 184 valence electrons. The first-order valence-corrected chi connectivity index (χ1v) is 13.2. The van der Waals surface area contributed by atoms with Crippen molar-refractivity contribution in [3.63, 3.8) is 0 Å². The van der Waals surface area contributed by atoms with Crippen molar-refractivity contribution >= 4 is 5.78 Å². The Hall–Kier alpha value is -1.19. The molecule has 4 aliphatic carbocycles. The van der Waals surface area contributed by atoms with Crippen molar-refractivity contribution in [3.8, 4) is 0 Å². The molecule has 0 aliphatic heterocycles. The van der Waals surface area contributed by atoms with E-state index in [2.05, 4.69) is 66.7 Å². The van der Waals surface area contributed by atoms with Gasteiger partial charge in [0.05, 0.1) is 6.10 Å². The van der Waals surface area contributed by atoms with Crippen LogP contribution in [-0.4, -0.2) is 28.7 Å². The molecule has 0 aromatic heterocycles. The van der Waals surface area contributed by atoms with Gasteiger partial charge in [-0.1, -0.05) is 58.4 Å². The summed E-state index contributed by atoms with van der Waals surface area (Å²) in [6, 6.07) is 0. The summed E-state index contributed by atoms with van der Waals surface area (Å²) in [7, 11) is 0. The zero-order valence-corrected chi connectivity index (χ0v) is 22.0. The fourth-order valence-electron chi connectivity index (χ4n) is 8.61. The average Bonchev–Trinajstić information content (AvgIpc) is 2.95. The minimum atomic E-state index is -0.404. The molecular formula is C30H46O3. The van der Waals surface area contributed by atoms with Crippen molar-refractivity contribution in [2.24, 2.45) is 39.4 Å². The van der Waals surface area contributed by atoms with E-state index in [1.54, 1.807) is 0 Å². The van der Waals surface area contributed by atoms with E-state index in [1.807, 2.05) is 0 Å². The first-order valence-electron chi connectivity index (χ1n) is 13.2. The number of hydrogen-bond donors (Lipinski definition) is 2. The van der Waals surface area contributed by atoms with Gasteiger partial charge in [-0.15, -0.1) is 0 Å². The molecule has 0 aromatic rings. The van der Waals surface area contributed by atoms with Crippen LogP contribution >= 0.6 is 0 Å². The fraction of sp³-hybridized carbons (Fsp3) is 0.767. The van der Waals surface area contributed by atoms with Crippen LogP contribution in [0.5, 0.6) is 0 Å². The number of carbonyl (C=O) groups excluding carboxylic acids is 1. The van der Waals surface area contributed by atoms with Crippen LogP contribution in [0.1, 0.15) is 93.4 Å². The highest BCUT2D eigenvalue weighted by Crippen LogP contribution is 2.71. The quantitative estimate of drug-likeness (QED) is 0.472. The number of ketones is 1. The molecule has 3 nitrogen and oxygen atoms in total. The van der Waals surface area contributed by atoms with Gasteiger partial charge in [0, 0.05) is 23.9 Å². The summed E-state index contributed by atoms with van der Waals surface area (Å²) in [5.41, 5.74) is 3.36. The summed E-state index contributed by atoms with van der Waals surface area (Å²) in [6.07, 6.45) is 12.9. The molecule has 33 heavy (non-hydrogen) atoms.